The number of nitrogens with zero attached hydrogens (tertiary/aromatic N) is 3. The van der Waals surface area contributed by atoms with E-state index in [4.69, 9.17) is 0 Å². The minimum atomic E-state index is 0.833. The Balaban J connectivity index is 1.43. The molecule has 0 atom stereocenters. The molecule has 5 nitrogen and oxygen atoms in total. The molecular formula is C20H27N5. The molecule has 2 N–H and O–H groups in total. The predicted molar refractivity (Wildman–Crippen MR) is 101 cm³/mol. The van der Waals surface area contributed by atoms with E-state index < -0.39 is 0 Å². The van der Waals surface area contributed by atoms with Crippen molar-refractivity contribution in [3.63, 3.8) is 0 Å². The molecule has 0 saturated carbocycles. The van der Waals surface area contributed by atoms with Crippen molar-refractivity contribution in [2.45, 2.75) is 39.4 Å². The average Bonchev–Trinajstić information content (AvgIpc) is 3.29. The number of H-pyrrole nitrogens is 2. The Kier molecular flexibility index (Phi) is 4.59. The van der Waals surface area contributed by atoms with Gasteiger partial charge < -0.3 is 9.97 Å². The lowest BCUT2D eigenvalue weighted by atomic mass is 10.1. The van der Waals surface area contributed by atoms with Gasteiger partial charge in [-0.1, -0.05) is 6.07 Å². The van der Waals surface area contributed by atoms with Crippen LogP contribution in [0.2, 0.25) is 0 Å². The lowest BCUT2D eigenvalue weighted by Crippen LogP contribution is -2.18. The van der Waals surface area contributed by atoms with Crippen molar-refractivity contribution in [1.82, 2.24) is 24.8 Å². The van der Waals surface area contributed by atoms with Crippen LogP contribution < -0.4 is 0 Å². The van der Waals surface area contributed by atoms with E-state index in [-0.39, 0.29) is 0 Å². The summed E-state index contributed by atoms with van der Waals surface area (Å²) in [6, 6.07) is 9.06. The first-order valence-corrected chi connectivity index (χ1v) is 9.18. The van der Waals surface area contributed by atoms with Gasteiger partial charge in [-0.25, -0.2) is 4.98 Å². The number of rotatable bonds is 6. The summed E-state index contributed by atoms with van der Waals surface area (Å²) in [6.07, 6.45) is 4.63. The fourth-order valence-corrected chi connectivity index (χ4v) is 3.78. The molecule has 0 bridgehead atoms. The maximum atomic E-state index is 4.49. The standard InChI is InChI=1S/C20H27N5/c1-15-11-21-20(22-15)14-24(2)12-16-5-6-19-17(9-16)10-18(23-19)13-25-7-3-4-8-25/h5-6,9-11,23H,3-4,7-8,12-14H2,1-2H3,(H,21,22). The summed E-state index contributed by atoms with van der Waals surface area (Å²) >= 11 is 0. The van der Waals surface area contributed by atoms with Crippen LogP contribution in [-0.4, -0.2) is 44.9 Å². The van der Waals surface area contributed by atoms with E-state index in [0.29, 0.717) is 0 Å². The number of hydrogen-bond acceptors (Lipinski definition) is 3. The van der Waals surface area contributed by atoms with Crippen LogP contribution in [0.4, 0.5) is 0 Å². The number of likely N-dealkylation sites (tertiary alicyclic amines) is 1. The van der Waals surface area contributed by atoms with Crippen molar-refractivity contribution >= 4 is 10.9 Å². The molecule has 25 heavy (non-hydrogen) atoms. The summed E-state index contributed by atoms with van der Waals surface area (Å²) in [5.41, 5.74) is 4.95. The van der Waals surface area contributed by atoms with Crippen molar-refractivity contribution in [3.8, 4) is 0 Å². The number of aromatic amines is 2. The third kappa shape index (κ3) is 3.94. The zero-order chi connectivity index (χ0) is 17.2. The van der Waals surface area contributed by atoms with Crippen molar-refractivity contribution in [2.24, 2.45) is 0 Å². The molecular weight excluding hydrogens is 310 g/mol. The van der Waals surface area contributed by atoms with Crippen LogP contribution in [0.15, 0.2) is 30.5 Å². The monoisotopic (exact) mass is 337 g/mol. The number of imidazole rings is 1. The Morgan fingerprint density at radius 1 is 1.16 bits per heavy atom. The molecule has 1 aliphatic heterocycles. The van der Waals surface area contributed by atoms with Gasteiger partial charge in [0.05, 0.1) is 12.2 Å². The van der Waals surface area contributed by atoms with E-state index in [1.54, 1.807) is 0 Å². The highest BCUT2D eigenvalue weighted by Crippen LogP contribution is 2.20. The van der Waals surface area contributed by atoms with Gasteiger partial charge in [-0.15, -0.1) is 0 Å². The summed E-state index contributed by atoms with van der Waals surface area (Å²) in [6.45, 7) is 7.28. The van der Waals surface area contributed by atoms with Gasteiger partial charge in [-0.2, -0.15) is 0 Å². The van der Waals surface area contributed by atoms with Gasteiger partial charge in [0.2, 0.25) is 0 Å². The van der Waals surface area contributed by atoms with Gasteiger partial charge >= 0.3 is 0 Å². The SMILES string of the molecule is Cc1c[nH]c(CN(C)Cc2ccc3[nH]c(CN4CCCC4)cc3c2)n1. The second kappa shape index (κ2) is 7.02. The minimum Gasteiger partial charge on any atom is -0.357 e. The Labute approximate surface area is 149 Å². The molecule has 5 heteroatoms. The molecule has 1 saturated heterocycles. The first-order valence-electron chi connectivity index (χ1n) is 9.18. The number of fused-ring (bicyclic) bond motifs is 1. The molecule has 3 aromatic rings. The Hall–Kier alpha value is -2.11. The van der Waals surface area contributed by atoms with Crippen LogP contribution in [0, 0.1) is 6.92 Å². The van der Waals surface area contributed by atoms with E-state index in [0.717, 1.165) is 31.2 Å². The molecule has 0 unspecified atom stereocenters. The zero-order valence-electron chi connectivity index (χ0n) is 15.2. The van der Waals surface area contributed by atoms with Gasteiger partial charge in [0.1, 0.15) is 5.82 Å². The summed E-state index contributed by atoms with van der Waals surface area (Å²) < 4.78 is 0. The van der Waals surface area contributed by atoms with Crippen LogP contribution in [-0.2, 0) is 19.6 Å². The molecule has 1 fully saturated rings. The van der Waals surface area contributed by atoms with Crippen LogP contribution in [0.3, 0.4) is 0 Å². The van der Waals surface area contributed by atoms with Crippen molar-refractivity contribution in [1.29, 1.82) is 0 Å². The van der Waals surface area contributed by atoms with Gasteiger partial charge in [0, 0.05) is 35.9 Å². The lowest BCUT2D eigenvalue weighted by Gasteiger charge is -2.15. The van der Waals surface area contributed by atoms with Crippen molar-refractivity contribution in [3.05, 3.63) is 53.2 Å². The maximum absolute atomic E-state index is 4.49. The van der Waals surface area contributed by atoms with Gasteiger partial charge in [0.15, 0.2) is 0 Å². The molecule has 0 aliphatic carbocycles. The van der Waals surface area contributed by atoms with Crippen LogP contribution >= 0.6 is 0 Å². The quantitative estimate of drug-likeness (QED) is 0.724. The second-order valence-corrected chi connectivity index (χ2v) is 7.36. The Morgan fingerprint density at radius 3 is 2.76 bits per heavy atom. The third-order valence-corrected chi connectivity index (χ3v) is 4.96. The topological polar surface area (TPSA) is 51.0 Å². The van der Waals surface area contributed by atoms with Crippen LogP contribution in [0.25, 0.3) is 10.9 Å². The van der Waals surface area contributed by atoms with Crippen LogP contribution in [0.1, 0.15) is 35.6 Å². The fraction of sp³-hybridized carbons (Fsp3) is 0.450. The minimum absolute atomic E-state index is 0.833. The normalized spacial score (nSPS) is 15.6. The summed E-state index contributed by atoms with van der Waals surface area (Å²) in [4.78, 5) is 16.1. The van der Waals surface area contributed by atoms with E-state index in [9.17, 15) is 0 Å². The van der Waals surface area contributed by atoms with Crippen LogP contribution in [0.5, 0.6) is 0 Å². The number of benzene rings is 1. The van der Waals surface area contributed by atoms with Gasteiger partial charge in [0.25, 0.3) is 0 Å². The molecule has 4 rings (SSSR count). The first-order chi connectivity index (χ1) is 12.2. The molecule has 2 aromatic heterocycles. The molecule has 0 amide bonds. The predicted octanol–water partition coefficient (Wildman–Crippen LogP) is 3.43. The highest BCUT2D eigenvalue weighted by molar-refractivity contribution is 5.81. The first kappa shape index (κ1) is 16.4. The number of hydrogen-bond donors (Lipinski definition) is 2. The Morgan fingerprint density at radius 2 is 2.00 bits per heavy atom. The highest BCUT2D eigenvalue weighted by Gasteiger charge is 2.13. The zero-order valence-corrected chi connectivity index (χ0v) is 15.2. The molecule has 3 heterocycles. The molecule has 0 radical (unpaired) electrons. The number of aromatic nitrogens is 3. The van der Waals surface area contributed by atoms with Gasteiger partial charge in [-0.05, 0) is 63.7 Å². The molecule has 1 aliphatic rings. The van der Waals surface area contributed by atoms with E-state index >= 15 is 0 Å². The molecule has 132 valence electrons. The second-order valence-electron chi connectivity index (χ2n) is 7.36. The smallest absolute Gasteiger partial charge is 0.120 e. The van der Waals surface area contributed by atoms with Crippen molar-refractivity contribution in [2.75, 3.05) is 20.1 Å². The van der Waals surface area contributed by atoms with Crippen molar-refractivity contribution < 1.29 is 0 Å². The number of nitrogens with one attached hydrogen (secondary N) is 2. The lowest BCUT2D eigenvalue weighted by molar-refractivity contribution is 0.311. The van der Waals surface area contributed by atoms with E-state index in [2.05, 4.69) is 56.1 Å². The van der Waals surface area contributed by atoms with E-state index in [1.165, 1.54) is 48.1 Å². The summed E-state index contributed by atoms with van der Waals surface area (Å²) in [5, 5.41) is 1.31. The van der Waals surface area contributed by atoms with Gasteiger partial charge in [-0.3, -0.25) is 9.80 Å². The Bertz CT molecular complexity index is 841. The molecule has 1 aromatic carbocycles. The highest BCUT2D eigenvalue weighted by atomic mass is 15.1. The maximum Gasteiger partial charge on any atom is 0.120 e. The fourth-order valence-electron chi connectivity index (χ4n) is 3.78. The third-order valence-electron chi connectivity index (χ3n) is 4.96. The van der Waals surface area contributed by atoms with E-state index in [1.807, 2.05) is 13.1 Å². The number of aryl methyl sites for hydroxylation is 1. The largest absolute Gasteiger partial charge is 0.357 e. The average molecular weight is 337 g/mol. The summed E-state index contributed by atoms with van der Waals surface area (Å²) in [5.74, 6) is 1.02. The molecule has 0 spiro atoms. The summed E-state index contributed by atoms with van der Waals surface area (Å²) in [7, 11) is 2.14.